The van der Waals surface area contributed by atoms with Gasteiger partial charge in [0.15, 0.2) is 0 Å². The summed E-state index contributed by atoms with van der Waals surface area (Å²) in [7, 11) is 0. The van der Waals surface area contributed by atoms with E-state index in [2.05, 4.69) is 13.5 Å². The maximum atomic E-state index is 11.7. The first-order valence-electron chi connectivity index (χ1n) is 5.32. The predicted octanol–water partition coefficient (Wildman–Crippen LogP) is 1.54. The van der Waals surface area contributed by atoms with Crippen LogP contribution >= 0.6 is 0 Å². The predicted molar refractivity (Wildman–Crippen MR) is 60.0 cm³/mol. The number of unbranched alkanes of at least 4 members (excludes halogenated alkanes) is 1. The fourth-order valence-corrected chi connectivity index (χ4v) is 1.31. The molecule has 0 rings (SSSR count). The summed E-state index contributed by atoms with van der Waals surface area (Å²) >= 11 is 0. The third kappa shape index (κ3) is 4.42. The van der Waals surface area contributed by atoms with Crippen molar-refractivity contribution in [2.45, 2.75) is 39.2 Å². The first-order chi connectivity index (χ1) is 6.67. The van der Waals surface area contributed by atoms with Crippen molar-refractivity contribution < 1.29 is 4.79 Å². The molecule has 0 fully saturated rings. The molecule has 3 heteroatoms. The summed E-state index contributed by atoms with van der Waals surface area (Å²) in [5.74, 6) is 0.0425. The van der Waals surface area contributed by atoms with Crippen molar-refractivity contribution in [3.8, 4) is 0 Å². The van der Waals surface area contributed by atoms with Crippen LogP contribution in [-0.2, 0) is 4.79 Å². The second-order valence-corrected chi connectivity index (χ2v) is 3.41. The highest BCUT2D eigenvalue weighted by molar-refractivity contribution is 5.81. The van der Waals surface area contributed by atoms with E-state index >= 15 is 0 Å². The molecule has 0 spiro atoms. The standard InChI is InChI=1S/C11H22N2O/c1-4-7-8-10(12)11(14)13(6-3)9-5-2/h5,10H,2,4,6-9,12H2,1,3H3/t10-/m0/s1. The normalized spacial score (nSPS) is 12.2. The maximum absolute atomic E-state index is 11.7. The Morgan fingerprint density at radius 1 is 1.57 bits per heavy atom. The molecule has 0 aliphatic rings. The molecule has 1 atom stereocenters. The van der Waals surface area contributed by atoms with Crippen molar-refractivity contribution in [2.24, 2.45) is 5.73 Å². The molecule has 0 bridgehead atoms. The summed E-state index contributed by atoms with van der Waals surface area (Å²) in [4.78, 5) is 13.5. The summed E-state index contributed by atoms with van der Waals surface area (Å²) in [5, 5.41) is 0. The molecule has 3 nitrogen and oxygen atoms in total. The van der Waals surface area contributed by atoms with Crippen LogP contribution in [0.3, 0.4) is 0 Å². The van der Waals surface area contributed by atoms with E-state index in [1.807, 2.05) is 6.92 Å². The van der Waals surface area contributed by atoms with Crippen LogP contribution < -0.4 is 5.73 Å². The second-order valence-electron chi connectivity index (χ2n) is 3.41. The quantitative estimate of drug-likeness (QED) is 0.631. The van der Waals surface area contributed by atoms with Crippen LogP contribution in [0.1, 0.15) is 33.1 Å². The summed E-state index contributed by atoms with van der Waals surface area (Å²) in [5.41, 5.74) is 5.78. The molecule has 2 N–H and O–H groups in total. The van der Waals surface area contributed by atoms with Gasteiger partial charge in [0, 0.05) is 13.1 Å². The Morgan fingerprint density at radius 3 is 2.64 bits per heavy atom. The van der Waals surface area contributed by atoms with Crippen molar-refractivity contribution in [1.82, 2.24) is 4.90 Å². The SMILES string of the molecule is C=CCN(CC)C(=O)[C@@H](N)CCCC. The molecule has 0 radical (unpaired) electrons. The molecule has 1 amide bonds. The van der Waals surface area contributed by atoms with Gasteiger partial charge in [0.25, 0.3) is 0 Å². The van der Waals surface area contributed by atoms with Gasteiger partial charge in [-0.05, 0) is 13.3 Å². The first kappa shape index (κ1) is 13.2. The van der Waals surface area contributed by atoms with Crippen LogP contribution in [0.25, 0.3) is 0 Å². The zero-order valence-electron chi connectivity index (χ0n) is 9.33. The highest BCUT2D eigenvalue weighted by Gasteiger charge is 2.17. The number of hydrogen-bond acceptors (Lipinski definition) is 2. The van der Waals surface area contributed by atoms with Crippen molar-refractivity contribution in [1.29, 1.82) is 0 Å². The third-order valence-electron chi connectivity index (χ3n) is 2.23. The Hall–Kier alpha value is -0.830. The molecule has 0 aromatic rings. The monoisotopic (exact) mass is 198 g/mol. The van der Waals surface area contributed by atoms with Gasteiger partial charge in [-0.2, -0.15) is 0 Å². The van der Waals surface area contributed by atoms with Gasteiger partial charge in [0.2, 0.25) is 5.91 Å². The van der Waals surface area contributed by atoms with Gasteiger partial charge in [-0.1, -0.05) is 25.8 Å². The number of rotatable bonds is 7. The van der Waals surface area contributed by atoms with Crippen molar-refractivity contribution >= 4 is 5.91 Å². The third-order valence-corrected chi connectivity index (χ3v) is 2.23. The van der Waals surface area contributed by atoms with Crippen molar-refractivity contribution in [3.05, 3.63) is 12.7 Å². The molecule has 0 saturated heterocycles. The zero-order valence-corrected chi connectivity index (χ0v) is 9.33. The van der Waals surface area contributed by atoms with E-state index in [1.54, 1.807) is 11.0 Å². The van der Waals surface area contributed by atoms with Crippen LogP contribution in [0.4, 0.5) is 0 Å². The van der Waals surface area contributed by atoms with Gasteiger partial charge in [-0.25, -0.2) is 0 Å². The molecule has 0 saturated carbocycles. The van der Waals surface area contributed by atoms with Crippen LogP contribution in [0, 0.1) is 0 Å². The average molecular weight is 198 g/mol. The smallest absolute Gasteiger partial charge is 0.239 e. The minimum atomic E-state index is -0.338. The lowest BCUT2D eigenvalue weighted by atomic mass is 10.1. The van der Waals surface area contributed by atoms with E-state index in [9.17, 15) is 4.79 Å². The second kappa shape index (κ2) is 7.56. The molecule has 0 aliphatic carbocycles. The van der Waals surface area contributed by atoms with Crippen molar-refractivity contribution in [3.63, 3.8) is 0 Å². The minimum Gasteiger partial charge on any atom is -0.338 e. The summed E-state index contributed by atoms with van der Waals surface area (Å²) < 4.78 is 0. The summed E-state index contributed by atoms with van der Waals surface area (Å²) in [6.07, 6.45) is 4.60. The Morgan fingerprint density at radius 2 is 2.21 bits per heavy atom. The first-order valence-corrected chi connectivity index (χ1v) is 5.32. The number of likely N-dealkylation sites (N-methyl/N-ethyl adjacent to an activating group) is 1. The highest BCUT2D eigenvalue weighted by atomic mass is 16.2. The number of carbonyl (C=O) groups is 1. The Bertz CT molecular complexity index is 180. The summed E-state index contributed by atoms with van der Waals surface area (Å²) in [6, 6.07) is -0.338. The topological polar surface area (TPSA) is 46.3 Å². The number of nitrogens with two attached hydrogens (primary N) is 1. The molecule has 0 aromatic carbocycles. The van der Waals surface area contributed by atoms with Crippen LogP contribution in [0.15, 0.2) is 12.7 Å². The molecule has 0 unspecified atom stereocenters. The zero-order chi connectivity index (χ0) is 11.0. The van der Waals surface area contributed by atoms with Crippen LogP contribution in [-0.4, -0.2) is 29.9 Å². The van der Waals surface area contributed by atoms with E-state index in [1.165, 1.54) is 0 Å². The van der Waals surface area contributed by atoms with E-state index in [-0.39, 0.29) is 11.9 Å². The number of carbonyl (C=O) groups excluding carboxylic acids is 1. The van der Waals surface area contributed by atoms with Crippen molar-refractivity contribution in [2.75, 3.05) is 13.1 Å². The molecule has 14 heavy (non-hydrogen) atoms. The largest absolute Gasteiger partial charge is 0.338 e. The molecule has 0 heterocycles. The maximum Gasteiger partial charge on any atom is 0.239 e. The molecule has 0 aliphatic heterocycles. The lowest BCUT2D eigenvalue weighted by molar-refractivity contribution is -0.132. The van der Waals surface area contributed by atoms with Crippen LogP contribution in [0.2, 0.25) is 0 Å². The van der Waals surface area contributed by atoms with Gasteiger partial charge in [0.1, 0.15) is 0 Å². The Labute approximate surface area is 87.0 Å². The molecular formula is C11H22N2O. The van der Waals surface area contributed by atoms with Gasteiger partial charge in [-0.3, -0.25) is 4.79 Å². The molecule has 0 aromatic heterocycles. The fourth-order valence-electron chi connectivity index (χ4n) is 1.31. The van der Waals surface area contributed by atoms with E-state index in [0.29, 0.717) is 13.1 Å². The van der Waals surface area contributed by atoms with E-state index in [4.69, 9.17) is 5.73 Å². The minimum absolute atomic E-state index is 0.0425. The average Bonchev–Trinajstić information content (AvgIpc) is 2.21. The number of nitrogens with zero attached hydrogens (tertiary/aromatic N) is 1. The number of amides is 1. The van der Waals surface area contributed by atoms with Gasteiger partial charge in [-0.15, -0.1) is 6.58 Å². The van der Waals surface area contributed by atoms with Gasteiger partial charge in [0.05, 0.1) is 6.04 Å². The molecule has 82 valence electrons. The summed E-state index contributed by atoms with van der Waals surface area (Å²) in [6.45, 7) is 8.96. The highest BCUT2D eigenvalue weighted by Crippen LogP contribution is 2.02. The van der Waals surface area contributed by atoms with Gasteiger partial charge >= 0.3 is 0 Å². The lowest BCUT2D eigenvalue weighted by Crippen LogP contribution is -2.43. The Balaban J connectivity index is 4.05. The Kier molecular flexibility index (Phi) is 7.11. The fraction of sp³-hybridized carbons (Fsp3) is 0.727. The van der Waals surface area contributed by atoms with Gasteiger partial charge < -0.3 is 10.6 Å². The van der Waals surface area contributed by atoms with E-state index < -0.39 is 0 Å². The van der Waals surface area contributed by atoms with E-state index in [0.717, 1.165) is 19.3 Å². The molecular weight excluding hydrogens is 176 g/mol. The van der Waals surface area contributed by atoms with Crippen LogP contribution in [0.5, 0.6) is 0 Å². The number of hydrogen-bond donors (Lipinski definition) is 1. The lowest BCUT2D eigenvalue weighted by Gasteiger charge is -2.22.